The van der Waals surface area contributed by atoms with E-state index in [2.05, 4.69) is 11.4 Å². The lowest BCUT2D eigenvalue weighted by Crippen LogP contribution is -2.33. The molecule has 0 aliphatic heterocycles. The quantitative estimate of drug-likeness (QED) is 0.853. The van der Waals surface area contributed by atoms with Gasteiger partial charge in [0.15, 0.2) is 0 Å². The third-order valence-corrected chi connectivity index (χ3v) is 2.92. The van der Waals surface area contributed by atoms with Crippen LogP contribution in [0.4, 0.5) is 5.69 Å². The van der Waals surface area contributed by atoms with Crippen LogP contribution in [-0.2, 0) is 4.79 Å². The molecular weight excluding hydrogens is 214 g/mol. The number of amides is 1. The smallest absolute Gasteiger partial charge is 0.241 e. The fraction of sp³-hybridized carbons (Fsp3) is 0.385. The Kier molecular flexibility index (Phi) is 3.29. The zero-order valence-corrected chi connectivity index (χ0v) is 9.81. The van der Waals surface area contributed by atoms with Gasteiger partial charge in [0.1, 0.15) is 0 Å². The Morgan fingerprint density at radius 3 is 3.00 bits per heavy atom. The zero-order valence-electron chi connectivity index (χ0n) is 9.81. The van der Waals surface area contributed by atoms with Gasteiger partial charge < -0.3 is 10.2 Å². The molecule has 0 aromatic heterocycles. The second kappa shape index (κ2) is 4.88. The molecule has 0 heterocycles. The Bertz CT molecular complexity index is 460. The topological polar surface area (TPSA) is 56.1 Å². The number of hydrogen-bond donors (Lipinski definition) is 1. The first-order valence-corrected chi connectivity index (χ1v) is 5.70. The van der Waals surface area contributed by atoms with E-state index < -0.39 is 0 Å². The summed E-state index contributed by atoms with van der Waals surface area (Å²) in [4.78, 5) is 13.5. The molecule has 1 saturated carbocycles. The number of nitriles is 1. The Balaban J connectivity index is 1.88. The summed E-state index contributed by atoms with van der Waals surface area (Å²) < 4.78 is 0. The highest BCUT2D eigenvalue weighted by atomic mass is 16.2. The zero-order chi connectivity index (χ0) is 12.3. The molecule has 0 atom stereocenters. The summed E-state index contributed by atoms with van der Waals surface area (Å²) in [5.41, 5.74) is 1.40. The van der Waals surface area contributed by atoms with E-state index in [1.807, 2.05) is 13.1 Å². The van der Waals surface area contributed by atoms with Crippen molar-refractivity contribution >= 4 is 11.6 Å². The Morgan fingerprint density at radius 1 is 1.59 bits per heavy atom. The molecule has 1 aromatic carbocycles. The van der Waals surface area contributed by atoms with E-state index >= 15 is 0 Å². The molecule has 0 bridgehead atoms. The number of nitrogens with zero attached hydrogens (tertiary/aromatic N) is 2. The minimum absolute atomic E-state index is 0.0925. The molecule has 4 nitrogen and oxygen atoms in total. The van der Waals surface area contributed by atoms with E-state index in [0.717, 1.165) is 18.5 Å². The molecule has 0 unspecified atom stereocenters. The number of hydrogen-bond acceptors (Lipinski definition) is 3. The Hall–Kier alpha value is -2.02. The molecule has 2 rings (SSSR count). The number of nitrogens with one attached hydrogen (secondary N) is 1. The number of anilines is 1. The summed E-state index contributed by atoms with van der Waals surface area (Å²) in [5, 5.41) is 11.8. The molecule has 1 aliphatic rings. The number of carbonyl (C=O) groups is 1. The first kappa shape index (κ1) is 11.5. The third kappa shape index (κ3) is 2.97. The maximum atomic E-state index is 11.8. The van der Waals surface area contributed by atoms with Crippen molar-refractivity contribution < 1.29 is 4.79 Å². The first-order valence-electron chi connectivity index (χ1n) is 5.70. The normalized spacial score (nSPS) is 13.9. The van der Waals surface area contributed by atoms with Gasteiger partial charge in [0.05, 0.1) is 18.2 Å². The van der Waals surface area contributed by atoms with Crippen LogP contribution in [0.15, 0.2) is 24.3 Å². The highest BCUT2D eigenvalue weighted by molar-refractivity contribution is 5.81. The van der Waals surface area contributed by atoms with E-state index in [4.69, 9.17) is 5.26 Å². The molecule has 4 heteroatoms. The number of likely N-dealkylation sites (N-methyl/N-ethyl adjacent to an activating group) is 1. The van der Waals surface area contributed by atoms with Gasteiger partial charge in [-0.1, -0.05) is 6.07 Å². The average molecular weight is 229 g/mol. The largest absolute Gasteiger partial charge is 0.376 e. The summed E-state index contributed by atoms with van der Waals surface area (Å²) in [6, 6.07) is 9.64. The van der Waals surface area contributed by atoms with Crippen molar-refractivity contribution in [3.63, 3.8) is 0 Å². The molecular formula is C13H15N3O. The summed E-state index contributed by atoms with van der Waals surface area (Å²) in [6.07, 6.45) is 2.23. The van der Waals surface area contributed by atoms with E-state index in [1.54, 1.807) is 23.1 Å². The predicted octanol–water partition coefficient (Wildman–Crippen LogP) is 1.59. The van der Waals surface area contributed by atoms with Gasteiger partial charge in [0.2, 0.25) is 5.91 Å². The number of benzene rings is 1. The van der Waals surface area contributed by atoms with Gasteiger partial charge in [-0.25, -0.2) is 0 Å². The van der Waals surface area contributed by atoms with Gasteiger partial charge in [-0.2, -0.15) is 5.26 Å². The lowest BCUT2D eigenvalue weighted by atomic mass is 10.2. The fourth-order valence-electron chi connectivity index (χ4n) is 1.67. The van der Waals surface area contributed by atoms with Crippen molar-refractivity contribution in [2.45, 2.75) is 18.9 Å². The summed E-state index contributed by atoms with van der Waals surface area (Å²) >= 11 is 0. The van der Waals surface area contributed by atoms with Crippen LogP contribution in [0.1, 0.15) is 18.4 Å². The van der Waals surface area contributed by atoms with Crippen LogP contribution in [0.2, 0.25) is 0 Å². The maximum Gasteiger partial charge on any atom is 0.241 e. The van der Waals surface area contributed by atoms with Crippen LogP contribution >= 0.6 is 0 Å². The molecule has 1 fully saturated rings. The van der Waals surface area contributed by atoms with Crippen LogP contribution in [0, 0.1) is 11.3 Å². The van der Waals surface area contributed by atoms with Gasteiger partial charge in [-0.15, -0.1) is 0 Å². The number of rotatable bonds is 4. The molecule has 1 aromatic rings. The monoisotopic (exact) mass is 229 g/mol. The number of carbonyl (C=O) groups excluding carboxylic acids is 1. The summed E-state index contributed by atoms with van der Waals surface area (Å²) in [7, 11) is 1.84. The molecule has 17 heavy (non-hydrogen) atoms. The van der Waals surface area contributed by atoms with Gasteiger partial charge in [-0.05, 0) is 31.0 Å². The molecule has 1 N–H and O–H groups in total. The van der Waals surface area contributed by atoms with Crippen LogP contribution in [0.5, 0.6) is 0 Å². The molecule has 0 spiro atoms. The van der Waals surface area contributed by atoms with Crippen molar-refractivity contribution in [3.05, 3.63) is 29.8 Å². The summed E-state index contributed by atoms with van der Waals surface area (Å²) in [5.74, 6) is 0.0925. The lowest BCUT2D eigenvalue weighted by Gasteiger charge is -2.16. The lowest BCUT2D eigenvalue weighted by molar-refractivity contribution is -0.128. The predicted molar refractivity (Wildman–Crippen MR) is 65.4 cm³/mol. The molecule has 0 radical (unpaired) electrons. The third-order valence-electron chi connectivity index (χ3n) is 2.92. The second-order valence-electron chi connectivity index (χ2n) is 4.28. The second-order valence-corrected chi connectivity index (χ2v) is 4.28. The van der Waals surface area contributed by atoms with E-state index in [1.165, 1.54) is 0 Å². The first-order chi connectivity index (χ1) is 8.20. The van der Waals surface area contributed by atoms with Gasteiger partial charge in [-0.3, -0.25) is 4.79 Å². The van der Waals surface area contributed by atoms with Crippen LogP contribution < -0.4 is 5.32 Å². The van der Waals surface area contributed by atoms with Crippen molar-refractivity contribution in [2.75, 3.05) is 18.9 Å². The summed E-state index contributed by atoms with van der Waals surface area (Å²) in [6.45, 7) is 0.280. The van der Waals surface area contributed by atoms with E-state index in [-0.39, 0.29) is 12.5 Å². The standard InChI is InChI=1S/C13H15N3O/c1-16(12-5-6-12)13(17)9-15-11-4-2-3-10(7-11)8-14/h2-4,7,12,15H,5-6,9H2,1H3. The van der Waals surface area contributed by atoms with Crippen molar-refractivity contribution in [3.8, 4) is 6.07 Å². The van der Waals surface area contributed by atoms with Crippen molar-refractivity contribution in [1.29, 1.82) is 5.26 Å². The van der Waals surface area contributed by atoms with Crippen LogP contribution in [0.25, 0.3) is 0 Å². The van der Waals surface area contributed by atoms with Crippen LogP contribution in [-0.4, -0.2) is 30.4 Å². The van der Waals surface area contributed by atoms with Crippen molar-refractivity contribution in [1.82, 2.24) is 4.90 Å². The van der Waals surface area contributed by atoms with Gasteiger partial charge >= 0.3 is 0 Å². The molecule has 1 aliphatic carbocycles. The fourth-order valence-corrected chi connectivity index (χ4v) is 1.67. The van der Waals surface area contributed by atoms with E-state index in [0.29, 0.717) is 11.6 Å². The minimum Gasteiger partial charge on any atom is -0.376 e. The molecule has 1 amide bonds. The van der Waals surface area contributed by atoms with Gasteiger partial charge in [0, 0.05) is 18.8 Å². The average Bonchev–Trinajstić information content (AvgIpc) is 3.19. The Morgan fingerprint density at radius 2 is 2.35 bits per heavy atom. The highest BCUT2D eigenvalue weighted by Crippen LogP contribution is 2.25. The SMILES string of the molecule is CN(C(=O)CNc1cccc(C#N)c1)C1CC1. The Labute approximate surface area is 101 Å². The maximum absolute atomic E-state index is 11.8. The minimum atomic E-state index is 0.0925. The van der Waals surface area contributed by atoms with E-state index in [9.17, 15) is 4.79 Å². The van der Waals surface area contributed by atoms with Crippen LogP contribution in [0.3, 0.4) is 0 Å². The highest BCUT2D eigenvalue weighted by Gasteiger charge is 2.29. The van der Waals surface area contributed by atoms with Crippen molar-refractivity contribution in [2.24, 2.45) is 0 Å². The molecule has 88 valence electrons. The van der Waals surface area contributed by atoms with Gasteiger partial charge in [0.25, 0.3) is 0 Å². The molecule has 0 saturated heterocycles.